The Kier molecular flexibility index (Phi) is 5.23. The topological polar surface area (TPSA) is 93.2 Å². The number of hydrogen-bond donors (Lipinski definition) is 2. The van der Waals surface area contributed by atoms with Crippen molar-refractivity contribution in [2.24, 2.45) is 7.05 Å². The molecule has 2 aromatic heterocycles. The highest BCUT2D eigenvalue weighted by Crippen LogP contribution is 2.40. The molecule has 0 spiro atoms. The first kappa shape index (κ1) is 19.6. The molecule has 1 aromatic carbocycles. The van der Waals surface area contributed by atoms with Crippen LogP contribution < -0.4 is 5.32 Å². The lowest BCUT2D eigenvalue weighted by Crippen LogP contribution is -2.46. The Morgan fingerprint density at radius 1 is 1.29 bits per heavy atom. The van der Waals surface area contributed by atoms with Gasteiger partial charge in [0.25, 0.3) is 5.91 Å². The molecule has 28 heavy (non-hydrogen) atoms. The monoisotopic (exact) mass is 394 g/mol. The molecule has 7 nitrogen and oxygen atoms in total. The van der Waals surface area contributed by atoms with Gasteiger partial charge < -0.3 is 19.4 Å². The minimum absolute atomic E-state index is 0.260. The predicted molar refractivity (Wildman–Crippen MR) is 92.0 cm³/mol. The highest BCUT2D eigenvalue weighted by molar-refractivity contribution is 5.94. The lowest BCUT2D eigenvalue weighted by atomic mass is 9.97. The molecule has 0 aliphatic carbocycles. The van der Waals surface area contributed by atoms with Crippen molar-refractivity contribution in [3.05, 3.63) is 60.6 Å². The van der Waals surface area contributed by atoms with E-state index in [4.69, 9.17) is 4.42 Å². The second-order valence-electron chi connectivity index (χ2n) is 6.17. The lowest BCUT2D eigenvalue weighted by Gasteiger charge is -2.29. The van der Waals surface area contributed by atoms with E-state index in [1.165, 1.54) is 44.2 Å². The fourth-order valence-electron chi connectivity index (χ4n) is 2.75. The minimum Gasteiger partial charge on any atom is -0.444 e. The molecule has 0 aliphatic heterocycles. The van der Waals surface area contributed by atoms with Crippen LogP contribution in [0.15, 0.2) is 53.7 Å². The number of rotatable bonds is 6. The number of halogens is 3. The van der Waals surface area contributed by atoms with Crippen LogP contribution in [0.5, 0.6) is 0 Å². The third-order valence-electron chi connectivity index (χ3n) is 4.30. The third kappa shape index (κ3) is 3.77. The number of nitrogens with zero attached hydrogens (tertiary/aromatic N) is 3. The zero-order valence-electron chi connectivity index (χ0n) is 14.8. The summed E-state index contributed by atoms with van der Waals surface area (Å²) in [6.07, 6.45) is -0.454. The molecule has 0 aliphatic rings. The molecular weight excluding hydrogens is 377 g/mol. The Hall–Kier alpha value is -3.14. The first-order valence-electron chi connectivity index (χ1n) is 8.26. The van der Waals surface area contributed by atoms with Crippen LogP contribution in [-0.4, -0.2) is 38.3 Å². The number of imidazole rings is 1. The number of oxazole rings is 1. The Labute approximate surface area is 157 Å². The van der Waals surface area contributed by atoms with Crippen LogP contribution in [0.2, 0.25) is 0 Å². The van der Waals surface area contributed by atoms with Crippen LogP contribution in [0.4, 0.5) is 13.2 Å². The first-order valence-corrected chi connectivity index (χ1v) is 8.26. The number of amides is 1. The van der Waals surface area contributed by atoms with Crippen molar-refractivity contribution in [3.63, 3.8) is 0 Å². The van der Waals surface area contributed by atoms with Crippen molar-refractivity contribution in [2.45, 2.75) is 18.2 Å². The van der Waals surface area contributed by atoms with E-state index in [0.29, 0.717) is 11.3 Å². The van der Waals surface area contributed by atoms with Crippen molar-refractivity contribution < 1.29 is 27.5 Å². The van der Waals surface area contributed by atoms with Crippen LogP contribution in [0.25, 0.3) is 11.3 Å². The summed E-state index contributed by atoms with van der Waals surface area (Å²) in [5.74, 6) is -0.573. The number of aromatic nitrogens is 3. The molecule has 2 heterocycles. The van der Waals surface area contributed by atoms with Crippen LogP contribution >= 0.6 is 0 Å². The van der Waals surface area contributed by atoms with E-state index in [0.717, 1.165) is 4.57 Å². The molecule has 0 bridgehead atoms. The Balaban J connectivity index is 1.66. The van der Waals surface area contributed by atoms with E-state index in [1.54, 1.807) is 12.1 Å². The summed E-state index contributed by atoms with van der Waals surface area (Å²) in [5.41, 5.74) is -2.21. The van der Waals surface area contributed by atoms with Crippen LogP contribution in [0, 0.1) is 0 Å². The Bertz CT molecular complexity index is 936. The molecule has 2 N–H and O–H groups in total. The maximum atomic E-state index is 13.4. The summed E-state index contributed by atoms with van der Waals surface area (Å²) in [6, 6.07) is 6.30. The standard InChI is InChI=1S/C18H17F3N4O3/c1-25-9-8-24-16(25)17(27,18(19,20)21)6-7-23-15(26)13-4-2-12(3-5-13)14-10-22-11-28-14/h2-5,8-11,27H,6-7H2,1H3,(H,23,26). The highest BCUT2D eigenvalue weighted by Gasteiger charge is 2.57. The van der Waals surface area contributed by atoms with Crippen molar-refractivity contribution in [1.82, 2.24) is 19.9 Å². The average molecular weight is 394 g/mol. The third-order valence-corrected chi connectivity index (χ3v) is 4.30. The molecule has 10 heteroatoms. The molecule has 1 unspecified atom stereocenters. The first-order chi connectivity index (χ1) is 13.2. The summed E-state index contributed by atoms with van der Waals surface area (Å²) >= 11 is 0. The molecule has 0 fully saturated rings. The van der Waals surface area contributed by atoms with Crippen molar-refractivity contribution in [1.29, 1.82) is 0 Å². The van der Waals surface area contributed by atoms with Gasteiger partial charge in [-0.3, -0.25) is 4.79 Å². The number of aryl methyl sites for hydroxylation is 1. The second kappa shape index (κ2) is 7.47. The van der Waals surface area contributed by atoms with E-state index in [-0.39, 0.29) is 5.56 Å². The Morgan fingerprint density at radius 2 is 2.00 bits per heavy atom. The SMILES string of the molecule is Cn1ccnc1C(O)(CCNC(=O)c1ccc(-c2cnco2)cc1)C(F)(F)F. The molecular formula is C18H17F3N4O3. The number of alkyl halides is 3. The largest absolute Gasteiger partial charge is 0.444 e. The van der Waals surface area contributed by atoms with E-state index in [9.17, 15) is 23.1 Å². The second-order valence-corrected chi connectivity index (χ2v) is 6.17. The predicted octanol–water partition coefficient (Wildman–Crippen LogP) is 2.65. The van der Waals surface area contributed by atoms with Gasteiger partial charge in [0, 0.05) is 43.5 Å². The molecule has 1 atom stereocenters. The van der Waals surface area contributed by atoms with Gasteiger partial charge in [0.05, 0.1) is 6.20 Å². The van der Waals surface area contributed by atoms with E-state index in [2.05, 4.69) is 15.3 Å². The normalized spacial score (nSPS) is 13.9. The maximum absolute atomic E-state index is 13.4. The fraction of sp³-hybridized carbons (Fsp3) is 0.278. The van der Waals surface area contributed by atoms with Crippen molar-refractivity contribution in [3.8, 4) is 11.3 Å². The van der Waals surface area contributed by atoms with Gasteiger partial charge in [0.15, 0.2) is 12.2 Å². The molecule has 0 saturated heterocycles. The quantitative estimate of drug-likeness (QED) is 0.671. The van der Waals surface area contributed by atoms with Crippen LogP contribution in [-0.2, 0) is 12.6 Å². The van der Waals surface area contributed by atoms with Gasteiger partial charge in [-0.15, -0.1) is 0 Å². The van der Waals surface area contributed by atoms with E-state index < -0.39 is 36.5 Å². The van der Waals surface area contributed by atoms with E-state index >= 15 is 0 Å². The Morgan fingerprint density at radius 3 is 2.54 bits per heavy atom. The summed E-state index contributed by atoms with van der Waals surface area (Å²) in [7, 11) is 1.35. The van der Waals surface area contributed by atoms with Gasteiger partial charge in [-0.05, 0) is 12.1 Å². The zero-order valence-corrected chi connectivity index (χ0v) is 14.8. The number of benzene rings is 1. The maximum Gasteiger partial charge on any atom is 0.424 e. The minimum atomic E-state index is -4.95. The highest BCUT2D eigenvalue weighted by atomic mass is 19.4. The average Bonchev–Trinajstić information content (AvgIpc) is 3.32. The van der Waals surface area contributed by atoms with Crippen molar-refractivity contribution >= 4 is 5.91 Å². The van der Waals surface area contributed by atoms with Gasteiger partial charge >= 0.3 is 6.18 Å². The van der Waals surface area contributed by atoms with Gasteiger partial charge in [0.2, 0.25) is 5.60 Å². The summed E-state index contributed by atoms with van der Waals surface area (Å²) in [5, 5.41) is 12.6. The summed E-state index contributed by atoms with van der Waals surface area (Å²) in [4.78, 5) is 19.6. The lowest BCUT2D eigenvalue weighted by molar-refractivity contribution is -0.272. The number of nitrogens with one attached hydrogen (secondary N) is 1. The molecule has 0 radical (unpaired) electrons. The van der Waals surface area contributed by atoms with Gasteiger partial charge in [0.1, 0.15) is 5.82 Å². The zero-order chi connectivity index (χ0) is 20.4. The van der Waals surface area contributed by atoms with Crippen LogP contribution in [0.3, 0.4) is 0 Å². The van der Waals surface area contributed by atoms with E-state index in [1.807, 2.05) is 0 Å². The number of carbonyl (C=O) groups is 1. The molecule has 3 aromatic rings. The fourth-order valence-corrected chi connectivity index (χ4v) is 2.75. The molecule has 1 amide bonds. The van der Waals surface area contributed by atoms with Gasteiger partial charge in [-0.25, -0.2) is 9.97 Å². The summed E-state index contributed by atoms with van der Waals surface area (Å²) < 4.78 is 46.6. The van der Waals surface area contributed by atoms with Gasteiger partial charge in [-0.1, -0.05) is 12.1 Å². The molecule has 0 saturated carbocycles. The molecule has 148 valence electrons. The smallest absolute Gasteiger partial charge is 0.424 e. The molecule has 3 rings (SSSR count). The van der Waals surface area contributed by atoms with Crippen LogP contribution in [0.1, 0.15) is 22.6 Å². The summed E-state index contributed by atoms with van der Waals surface area (Å²) in [6.45, 7) is -0.397. The van der Waals surface area contributed by atoms with Crippen molar-refractivity contribution in [2.75, 3.05) is 6.54 Å². The van der Waals surface area contributed by atoms with Gasteiger partial charge in [-0.2, -0.15) is 13.2 Å². The number of hydrogen-bond acceptors (Lipinski definition) is 5. The number of aliphatic hydroxyl groups is 1. The number of carbonyl (C=O) groups excluding carboxylic acids is 1.